The third-order valence-corrected chi connectivity index (χ3v) is 13.3. The zero-order chi connectivity index (χ0) is 45.8. The Morgan fingerprint density at radius 3 is 2.48 bits per heavy atom. The first-order valence-corrected chi connectivity index (χ1v) is 23.4. The number of fused-ring (bicyclic) bond motifs is 3. The molecular weight excluding hydrogens is 869 g/mol. The van der Waals surface area contributed by atoms with Gasteiger partial charge in [-0.15, -0.1) is 0 Å². The fraction of sp³-hybridized carbons (Fsp3) is 0.452. The van der Waals surface area contributed by atoms with Crippen LogP contribution in [0.15, 0.2) is 67.3 Å². The first-order valence-electron chi connectivity index (χ1n) is 20.9. The molecule has 4 aromatic rings. The van der Waals surface area contributed by atoms with Crippen molar-refractivity contribution < 1.29 is 52.8 Å². The Bertz CT molecular complexity index is 2360. The van der Waals surface area contributed by atoms with Crippen molar-refractivity contribution >= 4 is 85.5 Å². The Morgan fingerprint density at radius 1 is 0.906 bits per heavy atom. The summed E-state index contributed by atoms with van der Waals surface area (Å²) in [4.78, 5) is 110. The molecule has 0 saturated carbocycles. The summed E-state index contributed by atoms with van der Waals surface area (Å²) in [7, 11) is 2.46. The highest BCUT2D eigenvalue weighted by atomic mass is 33.1. The highest BCUT2D eigenvalue weighted by molar-refractivity contribution is 8.76. The predicted molar refractivity (Wildman–Crippen MR) is 236 cm³/mol. The van der Waals surface area contributed by atoms with Crippen LogP contribution in [0.25, 0.3) is 16.6 Å². The monoisotopic (exact) mass is 921 g/mol. The summed E-state index contributed by atoms with van der Waals surface area (Å²) < 4.78 is 10.3. The number of amides is 7. The number of carboxylic acid groups (broad SMARTS) is 1. The van der Waals surface area contributed by atoms with E-state index in [2.05, 4.69) is 36.1 Å². The highest BCUT2D eigenvalue weighted by Gasteiger charge is 2.43. The molecule has 3 aromatic heterocycles. The molecule has 64 heavy (non-hydrogen) atoms. The number of hydrogen-bond donors (Lipinski definition) is 8. The number of aryl methyl sites for hydroxylation is 1. The van der Waals surface area contributed by atoms with E-state index in [0.29, 0.717) is 19.4 Å². The Labute approximate surface area is 375 Å². The zero-order valence-electron chi connectivity index (χ0n) is 35.2. The second-order valence-electron chi connectivity index (χ2n) is 15.6. The van der Waals surface area contributed by atoms with Gasteiger partial charge in [0.2, 0.25) is 41.4 Å². The number of ether oxygens (including phenoxy) is 1. The maximum atomic E-state index is 14.0. The van der Waals surface area contributed by atoms with E-state index >= 15 is 0 Å². The number of H-pyrrole nitrogens is 1. The number of primary amides is 1. The van der Waals surface area contributed by atoms with Gasteiger partial charge < -0.3 is 52.0 Å². The Morgan fingerprint density at radius 2 is 1.69 bits per heavy atom. The van der Waals surface area contributed by atoms with Gasteiger partial charge in [0.15, 0.2) is 0 Å². The lowest BCUT2D eigenvalue weighted by Crippen LogP contribution is -2.58. The SMILES string of the molecule is C[C@@H]1NC(=O)[C@H](CC(=O)O)NC(=O)CNC(=O)[C@H](CCCC[n+]2ccn3ccccc32)NC(=O)CCSSC[C@@H](C(N)=O)NC(=O)[C@@H]2CC(OCc3c[nH]c4ccccc34)CN2C1=O. The molecule has 1 unspecified atom stereocenters. The van der Waals surface area contributed by atoms with Crippen LogP contribution in [-0.2, 0) is 56.2 Å². The van der Waals surface area contributed by atoms with E-state index in [1.54, 1.807) is 0 Å². The summed E-state index contributed by atoms with van der Waals surface area (Å²) >= 11 is 0. The quantitative estimate of drug-likeness (QED) is 0.0556. The van der Waals surface area contributed by atoms with Gasteiger partial charge in [-0.2, -0.15) is 0 Å². The number of carboxylic acids is 1. The molecule has 9 N–H and O–H groups in total. The van der Waals surface area contributed by atoms with Crippen molar-refractivity contribution in [2.45, 2.75) is 94.9 Å². The van der Waals surface area contributed by atoms with Crippen LogP contribution in [0, 0.1) is 0 Å². The number of hydrogen-bond acceptors (Lipinski definition) is 11. The fourth-order valence-electron chi connectivity index (χ4n) is 7.59. The number of imidazole rings is 1. The van der Waals surface area contributed by atoms with E-state index in [-0.39, 0.29) is 43.9 Å². The third kappa shape index (κ3) is 12.7. The number of carbonyl (C=O) groups is 8. The second kappa shape index (κ2) is 22.5. The third-order valence-electron chi connectivity index (χ3n) is 10.9. The summed E-state index contributed by atoms with van der Waals surface area (Å²) in [5, 5.41) is 23.2. The lowest BCUT2D eigenvalue weighted by molar-refractivity contribution is -0.671. The van der Waals surface area contributed by atoms with Gasteiger partial charge in [-0.05, 0) is 38.3 Å². The largest absolute Gasteiger partial charge is 0.481 e. The van der Waals surface area contributed by atoms with Crippen molar-refractivity contribution in [3.63, 3.8) is 0 Å². The molecule has 1 aromatic carbocycles. The number of rotatable bonds is 11. The van der Waals surface area contributed by atoms with Crippen LogP contribution in [0.1, 0.15) is 51.0 Å². The number of aromatic nitrogens is 3. The minimum Gasteiger partial charge on any atom is -0.481 e. The van der Waals surface area contributed by atoms with Crippen molar-refractivity contribution in [3.05, 3.63) is 72.8 Å². The average Bonchev–Trinajstić information content (AvgIpc) is 4.01. The van der Waals surface area contributed by atoms with E-state index in [9.17, 15) is 43.5 Å². The molecule has 5 heterocycles. The first-order chi connectivity index (χ1) is 30.8. The lowest BCUT2D eigenvalue weighted by Gasteiger charge is -2.28. The minimum absolute atomic E-state index is 0.00857. The summed E-state index contributed by atoms with van der Waals surface area (Å²) in [5.41, 5.74) is 8.44. The summed E-state index contributed by atoms with van der Waals surface area (Å²) in [5.74, 6) is -6.33. The van der Waals surface area contributed by atoms with Crippen LogP contribution in [0.4, 0.5) is 0 Å². The van der Waals surface area contributed by atoms with Crippen LogP contribution in [-0.4, -0.2) is 128 Å². The standard InChI is InChI=1S/C42H52N10O10S2/c1-25-42(61)52-22-27(62-23-26-20-44-29-9-3-2-8-28(26)29)18-33(52)41(60)49-32(38(43)57)24-64-63-17-12-34(53)47-30(10-4-6-13-50-15-16-51-14-7-5-11-36(50)51)39(58)45-21-35(54)48-31(19-37(55)56)40(59)46-25/h2-3,5,7-9,11,14-16,20,25,27,30-33,44H,4,6,10,12-13,17-19,21-24H2,1H3,(H7-,43,45,46,47,48,49,53,54,55,56,57,58,59,60)/p+1/t25-,27?,30-,31-,32-,33-/m0/s1. The highest BCUT2D eigenvalue weighted by Crippen LogP contribution is 2.27. The molecule has 2 saturated heterocycles. The number of aromatic amines is 1. The molecule has 342 valence electrons. The maximum absolute atomic E-state index is 14.0. The molecule has 7 amide bonds. The molecule has 0 aliphatic carbocycles. The Kier molecular flexibility index (Phi) is 16.6. The summed E-state index contributed by atoms with van der Waals surface area (Å²) in [6.45, 7) is 1.44. The zero-order valence-corrected chi connectivity index (χ0v) is 36.8. The maximum Gasteiger partial charge on any atom is 0.305 e. The number of nitrogens with two attached hydrogens (primary N) is 1. The first kappa shape index (κ1) is 47.4. The summed E-state index contributed by atoms with van der Waals surface area (Å²) in [6.07, 6.45) is 7.57. The topological polar surface area (TPSA) is 280 Å². The average molecular weight is 922 g/mol. The van der Waals surface area contributed by atoms with E-state index in [4.69, 9.17) is 10.5 Å². The van der Waals surface area contributed by atoms with Gasteiger partial charge in [0.05, 0.1) is 38.4 Å². The van der Waals surface area contributed by atoms with E-state index in [1.807, 2.05) is 71.7 Å². The predicted octanol–water partition coefficient (Wildman–Crippen LogP) is -0.115. The number of pyridine rings is 1. The van der Waals surface area contributed by atoms with Gasteiger partial charge in [0.1, 0.15) is 42.6 Å². The normalized spacial score (nSPS) is 23.7. The van der Waals surface area contributed by atoms with Gasteiger partial charge in [-0.1, -0.05) is 45.9 Å². The summed E-state index contributed by atoms with van der Waals surface area (Å²) in [6, 6.07) is 7.16. The fourth-order valence-corrected chi connectivity index (χ4v) is 9.75. The van der Waals surface area contributed by atoms with Crippen molar-refractivity contribution in [3.8, 4) is 0 Å². The van der Waals surface area contributed by atoms with Gasteiger partial charge in [-0.25, -0.2) is 8.97 Å². The van der Waals surface area contributed by atoms with Gasteiger partial charge >= 0.3 is 5.97 Å². The van der Waals surface area contributed by atoms with Crippen molar-refractivity contribution in [2.24, 2.45) is 5.73 Å². The van der Waals surface area contributed by atoms with Crippen molar-refractivity contribution in [1.82, 2.24) is 40.9 Å². The molecule has 20 nitrogen and oxygen atoms in total. The smallest absolute Gasteiger partial charge is 0.305 e. The van der Waals surface area contributed by atoms with Crippen LogP contribution in [0.3, 0.4) is 0 Å². The number of benzene rings is 1. The van der Waals surface area contributed by atoms with E-state index in [0.717, 1.165) is 22.1 Å². The lowest BCUT2D eigenvalue weighted by atomic mass is 10.1. The molecule has 0 bridgehead atoms. The molecule has 22 heteroatoms. The number of nitrogens with zero attached hydrogens (tertiary/aromatic N) is 3. The molecular formula is C42H53N10O10S2+. The number of unbranched alkanes of at least 4 members (excludes halogenated alkanes) is 1. The Hall–Kier alpha value is -6.13. The molecule has 2 aliphatic rings. The molecule has 2 aliphatic heterocycles. The number of aliphatic carboxylic acids is 1. The molecule has 6 rings (SSSR count). The second-order valence-corrected chi connectivity index (χ2v) is 18.2. The number of carbonyl (C=O) groups excluding carboxylic acids is 7. The van der Waals surface area contributed by atoms with Gasteiger partial charge in [-0.3, -0.25) is 38.4 Å². The molecule has 2 fully saturated rings. The van der Waals surface area contributed by atoms with Gasteiger partial charge in [0.25, 0.3) is 5.65 Å². The number of para-hydroxylation sites is 1. The molecule has 0 spiro atoms. The Balaban J connectivity index is 1.15. The minimum atomic E-state index is -1.66. The van der Waals surface area contributed by atoms with E-state index < -0.39 is 96.6 Å². The van der Waals surface area contributed by atoms with E-state index in [1.165, 1.54) is 33.4 Å². The molecule has 6 atom stereocenters. The molecule has 0 radical (unpaired) electrons. The van der Waals surface area contributed by atoms with Crippen molar-refractivity contribution in [1.29, 1.82) is 0 Å². The number of nitrogens with one attached hydrogen (secondary N) is 6. The van der Waals surface area contributed by atoms with Crippen molar-refractivity contribution in [2.75, 3.05) is 24.6 Å². The van der Waals surface area contributed by atoms with Crippen LogP contribution >= 0.6 is 21.6 Å². The van der Waals surface area contributed by atoms with Crippen LogP contribution < -0.4 is 36.9 Å². The van der Waals surface area contributed by atoms with Crippen LogP contribution in [0.5, 0.6) is 0 Å². The van der Waals surface area contributed by atoms with Crippen LogP contribution in [0.2, 0.25) is 0 Å². The van der Waals surface area contributed by atoms with Gasteiger partial charge in [0, 0.05) is 59.6 Å².